The summed E-state index contributed by atoms with van der Waals surface area (Å²) in [7, 11) is 0. The third-order valence-electron chi connectivity index (χ3n) is 6.39. The Balaban J connectivity index is 1.41. The first-order valence-electron chi connectivity index (χ1n) is 12.5. The van der Waals surface area contributed by atoms with Gasteiger partial charge in [0.2, 0.25) is 11.8 Å². The van der Waals surface area contributed by atoms with Crippen LogP contribution in [0.4, 0.5) is 5.69 Å². The van der Waals surface area contributed by atoms with Crippen molar-refractivity contribution >= 4 is 44.3 Å². The number of benzene rings is 3. The molecule has 0 unspecified atom stereocenters. The number of rotatable bonds is 8. The highest BCUT2D eigenvalue weighted by Crippen LogP contribution is 2.20. The molecule has 0 saturated carbocycles. The largest absolute Gasteiger partial charge is 0.467 e. The number of nitrogens with one attached hydrogen (secondary N) is 2. The average molecular weight is 601 g/mol. The fourth-order valence-corrected chi connectivity index (χ4v) is 4.62. The number of carbonyl (C=O) groups is 2. The molecule has 2 heterocycles. The van der Waals surface area contributed by atoms with E-state index in [4.69, 9.17) is 4.42 Å². The number of anilines is 1. The summed E-state index contributed by atoms with van der Waals surface area (Å²) in [4.78, 5) is 52.3. The number of amides is 2. The highest BCUT2D eigenvalue weighted by Gasteiger charge is 2.17. The van der Waals surface area contributed by atoms with E-state index in [0.29, 0.717) is 33.6 Å². The van der Waals surface area contributed by atoms with E-state index in [9.17, 15) is 19.2 Å². The van der Waals surface area contributed by atoms with Gasteiger partial charge in [0.15, 0.2) is 0 Å². The predicted octanol–water partition coefficient (Wildman–Crippen LogP) is 4.31. The Morgan fingerprint density at radius 3 is 2.42 bits per heavy atom. The van der Waals surface area contributed by atoms with Crippen LogP contribution in [0, 0.1) is 6.92 Å². The van der Waals surface area contributed by atoms with Crippen LogP contribution in [0.2, 0.25) is 0 Å². The minimum absolute atomic E-state index is 0.119. The summed E-state index contributed by atoms with van der Waals surface area (Å²) in [6.45, 7) is 1.90. The number of hydrogen-bond donors (Lipinski definition) is 2. The fraction of sp³-hybridized carbons (Fsp3) is 0.133. The molecule has 0 radical (unpaired) electrons. The lowest BCUT2D eigenvalue weighted by Gasteiger charge is -2.15. The number of aromatic nitrogens is 2. The number of fused-ring (bicyclic) bond motifs is 1. The molecule has 0 aliphatic carbocycles. The molecule has 0 atom stereocenters. The van der Waals surface area contributed by atoms with Gasteiger partial charge in [-0.05, 0) is 72.6 Å². The first kappa shape index (κ1) is 26.9. The molecule has 0 spiro atoms. The molecule has 40 heavy (non-hydrogen) atoms. The van der Waals surface area contributed by atoms with Crippen LogP contribution in [-0.2, 0) is 29.1 Å². The number of nitrogens with zero attached hydrogens (tertiary/aromatic N) is 2. The molecule has 5 aromatic rings. The van der Waals surface area contributed by atoms with Crippen molar-refractivity contribution in [2.45, 2.75) is 26.4 Å². The van der Waals surface area contributed by atoms with Gasteiger partial charge in [-0.15, -0.1) is 0 Å². The summed E-state index contributed by atoms with van der Waals surface area (Å²) in [5.41, 5.74) is 1.81. The smallest absolute Gasteiger partial charge is 0.336 e. The Morgan fingerprint density at radius 2 is 1.70 bits per heavy atom. The molecule has 0 bridgehead atoms. The number of aryl methyl sites for hydroxylation is 1. The molecule has 202 valence electrons. The average Bonchev–Trinajstić information content (AvgIpc) is 3.47. The van der Waals surface area contributed by atoms with E-state index in [1.165, 1.54) is 4.57 Å². The SMILES string of the molecule is Cc1cc(NC(=O)Cn2c(=O)n(-c3ccc(CC(=O)NCc4ccco4)cc3)c(=O)c3ccccc32)ccc1Br. The van der Waals surface area contributed by atoms with E-state index in [2.05, 4.69) is 26.6 Å². The monoisotopic (exact) mass is 600 g/mol. The van der Waals surface area contributed by atoms with Crippen LogP contribution in [-0.4, -0.2) is 20.9 Å². The fourth-order valence-electron chi connectivity index (χ4n) is 4.38. The molecule has 10 heteroatoms. The molecular formula is C30H25BrN4O5. The van der Waals surface area contributed by atoms with Gasteiger partial charge in [0.05, 0.1) is 35.8 Å². The van der Waals surface area contributed by atoms with Crippen molar-refractivity contribution in [2.24, 2.45) is 0 Å². The third-order valence-corrected chi connectivity index (χ3v) is 7.28. The lowest BCUT2D eigenvalue weighted by Crippen LogP contribution is -2.40. The Morgan fingerprint density at radius 1 is 0.925 bits per heavy atom. The van der Waals surface area contributed by atoms with Gasteiger partial charge >= 0.3 is 5.69 Å². The highest BCUT2D eigenvalue weighted by molar-refractivity contribution is 9.10. The second kappa shape index (κ2) is 11.6. The van der Waals surface area contributed by atoms with Crippen LogP contribution in [0.5, 0.6) is 0 Å². The second-order valence-corrected chi connectivity index (χ2v) is 10.1. The summed E-state index contributed by atoms with van der Waals surface area (Å²) < 4.78 is 8.46. The van der Waals surface area contributed by atoms with Crippen LogP contribution in [0.3, 0.4) is 0 Å². The van der Waals surface area contributed by atoms with Crippen molar-refractivity contribution in [2.75, 3.05) is 5.32 Å². The van der Waals surface area contributed by atoms with E-state index >= 15 is 0 Å². The van der Waals surface area contributed by atoms with Crippen molar-refractivity contribution < 1.29 is 14.0 Å². The number of carbonyl (C=O) groups excluding carboxylic acids is 2. The van der Waals surface area contributed by atoms with E-state index in [1.807, 2.05) is 19.1 Å². The molecule has 0 aliphatic rings. The van der Waals surface area contributed by atoms with Crippen molar-refractivity contribution in [1.82, 2.24) is 14.5 Å². The normalized spacial score (nSPS) is 10.9. The zero-order chi connectivity index (χ0) is 28.2. The van der Waals surface area contributed by atoms with Gasteiger partial charge in [0.1, 0.15) is 12.3 Å². The van der Waals surface area contributed by atoms with Crippen molar-refractivity contribution in [1.29, 1.82) is 0 Å². The van der Waals surface area contributed by atoms with Crippen LogP contribution >= 0.6 is 15.9 Å². The summed E-state index contributed by atoms with van der Waals surface area (Å²) in [6, 6.07) is 22.2. The number of halogens is 1. The van der Waals surface area contributed by atoms with Crippen LogP contribution < -0.4 is 21.9 Å². The Bertz CT molecular complexity index is 1820. The summed E-state index contributed by atoms with van der Waals surface area (Å²) in [5, 5.41) is 5.91. The first-order chi connectivity index (χ1) is 19.3. The lowest BCUT2D eigenvalue weighted by atomic mass is 10.1. The van der Waals surface area contributed by atoms with Crippen LogP contribution in [0.1, 0.15) is 16.9 Å². The van der Waals surface area contributed by atoms with Gasteiger partial charge in [0, 0.05) is 10.2 Å². The lowest BCUT2D eigenvalue weighted by molar-refractivity contribution is -0.120. The number of hydrogen-bond acceptors (Lipinski definition) is 5. The Kier molecular flexibility index (Phi) is 7.79. The Labute approximate surface area is 237 Å². The molecule has 0 aliphatic heterocycles. The maximum atomic E-state index is 13.6. The molecule has 2 amide bonds. The summed E-state index contributed by atoms with van der Waals surface area (Å²) in [6.07, 6.45) is 1.66. The maximum absolute atomic E-state index is 13.6. The number of furan rings is 1. The molecule has 2 aromatic heterocycles. The molecular weight excluding hydrogens is 576 g/mol. The van der Waals surface area contributed by atoms with Gasteiger partial charge in [0.25, 0.3) is 5.56 Å². The van der Waals surface area contributed by atoms with E-state index in [0.717, 1.165) is 14.6 Å². The van der Waals surface area contributed by atoms with Crippen LogP contribution in [0.15, 0.2) is 104 Å². The molecule has 0 saturated heterocycles. The summed E-state index contributed by atoms with van der Waals surface area (Å²) in [5.74, 6) is 0.0488. The zero-order valence-electron chi connectivity index (χ0n) is 21.5. The van der Waals surface area contributed by atoms with Crippen molar-refractivity contribution in [3.05, 3.63) is 127 Å². The van der Waals surface area contributed by atoms with Gasteiger partial charge in [-0.3, -0.25) is 19.0 Å². The van der Waals surface area contributed by atoms with Gasteiger partial charge < -0.3 is 15.1 Å². The van der Waals surface area contributed by atoms with Crippen LogP contribution in [0.25, 0.3) is 16.6 Å². The van der Waals surface area contributed by atoms with Gasteiger partial charge in [-0.25, -0.2) is 9.36 Å². The third kappa shape index (κ3) is 5.81. The van der Waals surface area contributed by atoms with Gasteiger partial charge in [-0.1, -0.05) is 40.2 Å². The summed E-state index contributed by atoms with van der Waals surface area (Å²) >= 11 is 3.44. The van der Waals surface area contributed by atoms with E-state index < -0.39 is 17.2 Å². The van der Waals surface area contributed by atoms with Crippen molar-refractivity contribution in [3.8, 4) is 5.69 Å². The standard InChI is InChI=1S/C30H25BrN4O5/c1-19-15-21(10-13-25(19)31)33-28(37)18-34-26-7-3-2-6-24(26)29(38)35(30(34)39)22-11-8-20(9-12-22)16-27(36)32-17-23-5-4-14-40-23/h2-15H,16-18H2,1H3,(H,32,36)(H,33,37). The van der Waals surface area contributed by atoms with Gasteiger partial charge in [-0.2, -0.15) is 0 Å². The highest BCUT2D eigenvalue weighted by atomic mass is 79.9. The predicted molar refractivity (Wildman–Crippen MR) is 156 cm³/mol. The van der Waals surface area contributed by atoms with E-state index in [1.54, 1.807) is 73.0 Å². The maximum Gasteiger partial charge on any atom is 0.336 e. The number of para-hydroxylation sites is 1. The second-order valence-electron chi connectivity index (χ2n) is 9.24. The zero-order valence-corrected chi connectivity index (χ0v) is 23.1. The minimum Gasteiger partial charge on any atom is -0.467 e. The molecule has 5 rings (SSSR count). The molecule has 2 N–H and O–H groups in total. The molecule has 9 nitrogen and oxygen atoms in total. The molecule has 3 aromatic carbocycles. The van der Waals surface area contributed by atoms with Crippen molar-refractivity contribution in [3.63, 3.8) is 0 Å². The quantitative estimate of drug-likeness (QED) is 0.275. The molecule has 0 fully saturated rings. The Hall–Kier alpha value is -4.70. The first-order valence-corrected chi connectivity index (χ1v) is 13.3. The minimum atomic E-state index is -0.644. The van der Waals surface area contributed by atoms with E-state index in [-0.39, 0.29) is 25.4 Å². The topological polar surface area (TPSA) is 115 Å².